The van der Waals surface area contributed by atoms with Crippen molar-refractivity contribution in [2.24, 2.45) is 13.0 Å². The van der Waals surface area contributed by atoms with Crippen LogP contribution < -0.4 is 5.32 Å². The molecule has 3 atom stereocenters. The predicted octanol–water partition coefficient (Wildman–Crippen LogP) is 2.37. The van der Waals surface area contributed by atoms with E-state index in [0.29, 0.717) is 12.0 Å². The first-order valence-corrected chi connectivity index (χ1v) is 8.82. The van der Waals surface area contributed by atoms with E-state index in [1.807, 2.05) is 29.7 Å². The lowest BCUT2D eigenvalue weighted by Gasteiger charge is -2.40. The lowest BCUT2D eigenvalue weighted by atomic mass is 9.80. The minimum absolute atomic E-state index is 0.149. The van der Waals surface area contributed by atoms with Crippen LogP contribution >= 0.6 is 11.8 Å². The Morgan fingerprint density at radius 1 is 1.65 bits per heavy atom. The maximum absolute atomic E-state index is 6.15. The predicted molar refractivity (Wildman–Crippen MR) is 83.0 cm³/mol. The molecule has 0 bridgehead atoms. The molecule has 0 saturated carbocycles. The average molecular weight is 295 g/mol. The Bertz CT molecular complexity index is 442. The van der Waals surface area contributed by atoms with Crippen molar-refractivity contribution in [1.82, 2.24) is 15.1 Å². The number of ether oxygens (including phenoxy) is 1. The number of thioether (sulfide) groups is 1. The average Bonchev–Trinajstić information content (AvgIpc) is 3.06. The van der Waals surface area contributed by atoms with Crippen LogP contribution in [-0.2, 0) is 11.8 Å². The smallest absolute Gasteiger partial charge is 0.0796 e. The number of aryl methyl sites for hydroxylation is 1. The molecule has 1 aromatic heterocycles. The summed E-state index contributed by atoms with van der Waals surface area (Å²) in [5.74, 6) is 3.06. The second kappa shape index (κ2) is 6.08. The van der Waals surface area contributed by atoms with E-state index in [0.717, 1.165) is 19.6 Å². The van der Waals surface area contributed by atoms with E-state index in [2.05, 4.69) is 23.4 Å². The highest BCUT2D eigenvalue weighted by Gasteiger charge is 2.42. The quantitative estimate of drug-likeness (QED) is 0.925. The summed E-state index contributed by atoms with van der Waals surface area (Å²) in [6, 6.07) is 2.52. The van der Waals surface area contributed by atoms with E-state index in [1.54, 1.807) is 0 Å². The number of hydrogen-bond acceptors (Lipinski definition) is 4. The van der Waals surface area contributed by atoms with Gasteiger partial charge in [0.05, 0.1) is 17.3 Å². The van der Waals surface area contributed by atoms with Gasteiger partial charge in [0.25, 0.3) is 0 Å². The van der Waals surface area contributed by atoms with Gasteiger partial charge in [0.1, 0.15) is 0 Å². The van der Waals surface area contributed by atoms with E-state index >= 15 is 0 Å². The lowest BCUT2D eigenvalue weighted by Crippen LogP contribution is -2.43. The summed E-state index contributed by atoms with van der Waals surface area (Å²) < 4.78 is 8.05. The molecule has 4 nitrogen and oxygen atoms in total. The molecule has 2 fully saturated rings. The monoisotopic (exact) mass is 295 g/mol. The largest absolute Gasteiger partial charge is 0.374 e. The van der Waals surface area contributed by atoms with Crippen molar-refractivity contribution in [3.63, 3.8) is 0 Å². The maximum Gasteiger partial charge on any atom is 0.0796 e. The molecule has 3 unspecified atom stereocenters. The van der Waals surface area contributed by atoms with Crippen molar-refractivity contribution < 1.29 is 4.74 Å². The minimum Gasteiger partial charge on any atom is -0.374 e. The highest BCUT2D eigenvalue weighted by molar-refractivity contribution is 7.99. The van der Waals surface area contributed by atoms with Gasteiger partial charge < -0.3 is 10.1 Å². The summed E-state index contributed by atoms with van der Waals surface area (Å²) in [5.41, 5.74) is 1.33. The zero-order valence-electron chi connectivity index (χ0n) is 12.5. The summed E-state index contributed by atoms with van der Waals surface area (Å²) in [7, 11) is 1.99. The molecule has 0 amide bonds. The summed E-state index contributed by atoms with van der Waals surface area (Å²) in [5, 5.41) is 8.28. The fourth-order valence-electron chi connectivity index (χ4n) is 3.55. The highest BCUT2D eigenvalue weighted by Crippen LogP contribution is 2.43. The second-order valence-corrected chi connectivity index (χ2v) is 7.14. The SMILES string of the molecule is CCNC(c1ccn(C)n1)C1CCOC2(CCSC2)C1. The van der Waals surface area contributed by atoms with E-state index < -0.39 is 0 Å². The number of nitrogens with zero attached hydrogens (tertiary/aromatic N) is 2. The van der Waals surface area contributed by atoms with Gasteiger partial charge >= 0.3 is 0 Å². The Labute approximate surface area is 125 Å². The molecule has 3 heterocycles. The third-order valence-corrected chi connectivity index (χ3v) is 5.77. The molecule has 2 aliphatic rings. The van der Waals surface area contributed by atoms with Crippen LogP contribution in [0.5, 0.6) is 0 Å². The first-order valence-electron chi connectivity index (χ1n) is 7.67. The molecule has 0 aromatic carbocycles. The van der Waals surface area contributed by atoms with E-state index in [-0.39, 0.29) is 5.60 Å². The number of nitrogens with one attached hydrogen (secondary N) is 1. The van der Waals surface area contributed by atoms with E-state index in [9.17, 15) is 0 Å². The zero-order chi connectivity index (χ0) is 14.0. The molecular formula is C15H25N3OS. The third-order valence-electron chi connectivity index (χ3n) is 4.55. The van der Waals surface area contributed by atoms with Crippen molar-refractivity contribution in [2.75, 3.05) is 24.7 Å². The van der Waals surface area contributed by atoms with Gasteiger partial charge in [-0.3, -0.25) is 4.68 Å². The number of aromatic nitrogens is 2. The second-order valence-electron chi connectivity index (χ2n) is 6.04. The van der Waals surface area contributed by atoms with Crippen molar-refractivity contribution in [3.8, 4) is 0 Å². The van der Waals surface area contributed by atoms with Crippen LogP contribution in [0.4, 0.5) is 0 Å². The number of hydrogen-bond donors (Lipinski definition) is 1. The Hall–Kier alpha value is -0.520. The lowest BCUT2D eigenvalue weighted by molar-refractivity contribution is -0.0855. The fourth-order valence-corrected chi connectivity index (χ4v) is 4.92. The number of rotatable bonds is 4. The molecule has 112 valence electrons. The Morgan fingerprint density at radius 3 is 3.20 bits per heavy atom. The molecule has 0 aliphatic carbocycles. The molecule has 1 N–H and O–H groups in total. The Morgan fingerprint density at radius 2 is 2.55 bits per heavy atom. The van der Waals surface area contributed by atoms with Crippen LogP contribution in [0.3, 0.4) is 0 Å². The van der Waals surface area contributed by atoms with Crippen molar-refractivity contribution in [3.05, 3.63) is 18.0 Å². The van der Waals surface area contributed by atoms with Crippen LogP contribution in [0.2, 0.25) is 0 Å². The molecular weight excluding hydrogens is 270 g/mol. The molecule has 3 rings (SSSR count). The molecule has 0 radical (unpaired) electrons. The van der Waals surface area contributed by atoms with Gasteiger partial charge in [-0.25, -0.2) is 0 Å². The molecule has 2 saturated heterocycles. The van der Waals surface area contributed by atoms with Gasteiger partial charge in [-0.1, -0.05) is 6.92 Å². The zero-order valence-corrected chi connectivity index (χ0v) is 13.3. The van der Waals surface area contributed by atoms with Crippen LogP contribution in [-0.4, -0.2) is 40.0 Å². The topological polar surface area (TPSA) is 39.1 Å². The van der Waals surface area contributed by atoms with E-state index in [1.165, 1.54) is 30.0 Å². The van der Waals surface area contributed by atoms with Gasteiger partial charge in [-0.15, -0.1) is 0 Å². The minimum atomic E-state index is 0.149. The third kappa shape index (κ3) is 2.90. The summed E-state index contributed by atoms with van der Waals surface area (Å²) in [6.07, 6.45) is 5.57. The van der Waals surface area contributed by atoms with Crippen LogP contribution in [0.15, 0.2) is 12.3 Å². The van der Waals surface area contributed by atoms with Crippen molar-refractivity contribution in [1.29, 1.82) is 0 Å². The standard InChI is InChI=1S/C15H25N3OS/c1-3-16-14(13-4-7-18(2)17-13)12-5-8-19-15(10-12)6-9-20-11-15/h4,7,12,14,16H,3,5-6,8-11H2,1-2H3. The summed E-state index contributed by atoms with van der Waals surface area (Å²) in [4.78, 5) is 0. The molecule has 2 aliphatic heterocycles. The van der Waals surface area contributed by atoms with E-state index in [4.69, 9.17) is 4.74 Å². The van der Waals surface area contributed by atoms with Crippen molar-refractivity contribution >= 4 is 11.8 Å². The molecule has 5 heteroatoms. The van der Waals surface area contributed by atoms with Crippen LogP contribution in [0, 0.1) is 5.92 Å². The van der Waals surface area contributed by atoms with Crippen LogP contribution in [0.25, 0.3) is 0 Å². The van der Waals surface area contributed by atoms with Gasteiger partial charge in [0.2, 0.25) is 0 Å². The first-order chi connectivity index (χ1) is 9.72. The van der Waals surface area contributed by atoms with Crippen LogP contribution in [0.1, 0.15) is 37.9 Å². The van der Waals surface area contributed by atoms with Crippen molar-refractivity contribution in [2.45, 2.75) is 37.8 Å². The normalized spacial score (nSPS) is 31.8. The molecule has 1 aromatic rings. The summed E-state index contributed by atoms with van der Waals surface area (Å²) >= 11 is 2.04. The van der Waals surface area contributed by atoms with Gasteiger partial charge in [0.15, 0.2) is 0 Å². The Balaban J connectivity index is 1.76. The molecule has 1 spiro atoms. The summed E-state index contributed by atoms with van der Waals surface area (Å²) in [6.45, 7) is 4.07. The fraction of sp³-hybridized carbons (Fsp3) is 0.800. The van der Waals surface area contributed by atoms with Gasteiger partial charge in [0, 0.05) is 25.6 Å². The Kier molecular flexibility index (Phi) is 4.38. The molecule has 20 heavy (non-hydrogen) atoms. The first kappa shape index (κ1) is 14.4. The maximum atomic E-state index is 6.15. The van der Waals surface area contributed by atoms with Gasteiger partial charge in [-0.2, -0.15) is 16.9 Å². The highest BCUT2D eigenvalue weighted by atomic mass is 32.2. The van der Waals surface area contributed by atoms with Gasteiger partial charge in [-0.05, 0) is 43.5 Å².